The Hall–Kier alpha value is -3.34. The van der Waals surface area contributed by atoms with Gasteiger partial charge >= 0.3 is 6.09 Å². The van der Waals surface area contributed by atoms with Gasteiger partial charge in [-0.2, -0.15) is 10.2 Å². The van der Waals surface area contributed by atoms with E-state index in [0.29, 0.717) is 5.82 Å². The van der Waals surface area contributed by atoms with Gasteiger partial charge in [-0.15, -0.1) is 11.3 Å². The molecule has 0 aliphatic carbocycles. The van der Waals surface area contributed by atoms with Crippen molar-refractivity contribution in [1.29, 1.82) is 0 Å². The molecule has 0 bridgehead atoms. The van der Waals surface area contributed by atoms with Crippen molar-refractivity contribution in [1.82, 2.24) is 29.9 Å². The summed E-state index contributed by atoms with van der Waals surface area (Å²) in [5.41, 5.74) is -0.395. The maximum Gasteiger partial charge on any atom is 0.407 e. The molecule has 4 rings (SSSR count). The number of benzene rings is 1. The molecule has 0 saturated carbocycles. The molecule has 3 aromatic heterocycles. The number of ether oxygens (including phenoxy) is 1. The van der Waals surface area contributed by atoms with Gasteiger partial charge in [-0.05, 0) is 45.9 Å². The SMILES string of the molecule is CC(CNC(=O)OC(C)(C)C)n1nc(-c2cc(F)cc(F)c2)nc1-c1cc2cnn(C)c2s1. The highest BCUT2D eigenvalue weighted by Gasteiger charge is 2.22. The number of thiophene rings is 1. The third-order valence-corrected chi connectivity index (χ3v) is 5.95. The summed E-state index contributed by atoms with van der Waals surface area (Å²) in [5.74, 6) is -0.719. The second kappa shape index (κ2) is 8.54. The Morgan fingerprint density at radius 2 is 1.91 bits per heavy atom. The van der Waals surface area contributed by atoms with Gasteiger partial charge < -0.3 is 10.1 Å². The van der Waals surface area contributed by atoms with E-state index in [1.807, 2.05) is 20.0 Å². The Balaban J connectivity index is 1.70. The van der Waals surface area contributed by atoms with Crippen LogP contribution in [0, 0.1) is 11.6 Å². The zero-order valence-corrected chi connectivity index (χ0v) is 19.7. The molecule has 3 heterocycles. The van der Waals surface area contributed by atoms with Gasteiger partial charge in [0.1, 0.15) is 22.1 Å². The van der Waals surface area contributed by atoms with Crippen molar-refractivity contribution in [2.24, 2.45) is 7.05 Å². The van der Waals surface area contributed by atoms with Crippen LogP contribution >= 0.6 is 11.3 Å². The molecule has 0 fully saturated rings. The molecule has 33 heavy (non-hydrogen) atoms. The van der Waals surface area contributed by atoms with Crippen molar-refractivity contribution in [3.8, 4) is 22.1 Å². The van der Waals surface area contributed by atoms with Crippen molar-refractivity contribution >= 4 is 27.6 Å². The van der Waals surface area contributed by atoms with E-state index in [4.69, 9.17) is 4.74 Å². The number of fused-ring (bicyclic) bond motifs is 1. The third kappa shape index (κ3) is 5.03. The van der Waals surface area contributed by atoms with Gasteiger partial charge in [0.2, 0.25) is 0 Å². The molecule has 4 aromatic rings. The smallest absolute Gasteiger partial charge is 0.407 e. The van der Waals surface area contributed by atoms with Crippen LogP contribution in [0.3, 0.4) is 0 Å². The standard InChI is InChI=1S/C22H24F2N6O2S/c1-12(10-25-21(31)32-22(2,3)4)30-19(17-8-14-11-26-29(5)20(14)33-17)27-18(28-30)13-6-15(23)9-16(24)7-13/h6-9,11-12H,10H2,1-5H3,(H,25,31). The van der Waals surface area contributed by atoms with Gasteiger partial charge in [0.15, 0.2) is 11.6 Å². The number of carbonyl (C=O) groups is 1. The normalized spacial score (nSPS) is 12.8. The Labute approximate surface area is 193 Å². The fourth-order valence-electron chi connectivity index (χ4n) is 3.29. The van der Waals surface area contributed by atoms with E-state index in [-0.39, 0.29) is 24.0 Å². The summed E-state index contributed by atoms with van der Waals surface area (Å²) in [6, 6.07) is 4.79. The zero-order valence-electron chi connectivity index (χ0n) is 18.9. The molecule has 1 amide bonds. The van der Waals surface area contributed by atoms with E-state index in [0.717, 1.165) is 21.2 Å². The lowest BCUT2D eigenvalue weighted by Crippen LogP contribution is -2.35. The van der Waals surface area contributed by atoms with E-state index in [1.165, 1.54) is 23.5 Å². The minimum absolute atomic E-state index is 0.183. The summed E-state index contributed by atoms with van der Waals surface area (Å²) in [5, 5.41) is 12.5. The molecule has 174 valence electrons. The van der Waals surface area contributed by atoms with Crippen LogP contribution in [-0.4, -0.2) is 42.8 Å². The van der Waals surface area contributed by atoms with Crippen LogP contribution in [0.2, 0.25) is 0 Å². The molecule has 0 spiro atoms. The summed E-state index contributed by atoms with van der Waals surface area (Å²) in [6.07, 6.45) is 1.21. The number of hydrogen-bond acceptors (Lipinski definition) is 6. The van der Waals surface area contributed by atoms with E-state index < -0.39 is 23.3 Å². The van der Waals surface area contributed by atoms with E-state index in [1.54, 1.807) is 36.3 Å². The predicted octanol–water partition coefficient (Wildman–Crippen LogP) is 4.92. The van der Waals surface area contributed by atoms with Gasteiger partial charge in [-0.1, -0.05) is 0 Å². The number of aromatic nitrogens is 5. The highest BCUT2D eigenvalue weighted by atomic mass is 32.1. The maximum atomic E-state index is 13.8. The lowest BCUT2D eigenvalue weighted by atomic mass is 10.2. The van der Waals surface area contributed by atoms with E-state index >= 15 is 0 Å². The summed E-state index contributed by atoms with van der Waals surface area (Å²) in [6.45, 7) is 7.43. The Kier molecular flexibility index (Phi) is 5.91. The van der Waals surface area contributed by atoms with Crippen LogP contribution in [0.1, 0.15) is 33.7 Å². The topological polar surface area (TPSA) is 86.9 Å². The van der Waals surface area contributed by atoms with Crippen molar-refractivity contribution in [2.75, 3.05) is 6.54 Å². The van der Waals surface area contributed by atoms with Crippen LogP contribution in [0.15, 0.2) is 30.5 Å². The second-order valence-electron chi connectivity index (χ2n) is 8.73. The van der Waals surface area contributed by atoms with Gasteiger partial charge in [-0.3, -0.25) is 4.68 Å². The second-order valence-corrected chi connectivity index (χ2v) is 9.76. The summed E-state index contributed by atoms with van der Waals surface area (Å²) >= 11 is 1.48. The highest BCUT2D eigenvalue weighted by Crippen LogP contribution is 2.34. The zero-order chi connectivity index (χ0) is 23.9. The van der Waals surface area contributed by atoms with Crippen LogP contribution in [-0.2, 0) is 11.8 Å². The molecule has 1 atom stereocenters. The molecule has 1 unspecified atom stereocenters. The molecule has 0 aliphatic heterocycles. The first kappa shape index (κ1) is 22.8. The Morgan fingerprint density at radius 1 is 1.21 bits per heavy atom. The van der Waals surface area contributed by atoms with Crippen molar-refractivity contribution in [2.45, 2.75) is 39.3 Å². The Bertz CT molecular complexity index is 1300. The van der Waals surface area contributed by atoms with E-state index in [2.05, 4.69) is 20.5 Å². The largest absolute Gasteiger partial charge is 0.444 e. The minimum atomic E-state index is -0.713. The van der Waals surface area contributed by atoms with Gasteiger partial charge in [0, 0.05) is 30.6 Å². The van der Waals surface area contributed by atoms with Crippen molar-refractivity contribution in [3.05, 3.63) is 42.1 Å². The molecular formula is C22H24F2N6O2S. The van der Waals surface area contributed by atoms with Crippen LogP contribution in [0.4, 0.5) is 13.6 Å². The first-order valence-corrected chi connectivity index (χ1v) is 11.1. The average Bonchev–Trinajstić information content (AvgIpc) is 3.39. The molecule has 0 radical (unpaired) electrons. The number of nitrogens with one attached hydrogen (secondary N) is 1. The fraction of sp³-hybridized carbons (Fsp3) is 0.364. The number of amides is 1. The number of alkyl carbamates (subject to hydrolysis) is 1. The molecule has 0 saturated heterocycles. The summed E-state index contributed by atoms with van der Waals surface area (Å²) < 4.78 is 36.3. The number of aryl methyl sites for hydroxylation is 1. The molecule has 8 nitrogen and oxygen atoms in total. The maximum absolute atomic E-state index is 13.8. The molecule has 0 aliphatic rings. The highest BCUT2D eigenvalue weighted by molar-refractivity contribution is 7.21. The minimum Gasteiger partial charge on any atom is -0.444 e. The Morgan fingerprint density at radius 3 is 2.55 bits per heavy atom. The summed E-state index contributed by atoms with van der Waals surface area (Å²) in [4.78, 5) is 18.5. The lowest BCUT2D eigenvalue weighted by molar-refractivity contribution is 0.0520. The number of nitrogens with zero attached hydrogens (tertiary/aromatic N) is 5. The van der Waals surface area contributed by atoms with Crippen molar-refractivity contribution < 1.29 is 18.3 Å². The van der Waals surface area contributed by atoms with Gasteiger partial charge in [0.05, 0.1) is 17.1 Å². The molecular weight excluding hydrogens is 450 g/mol. The van der Waals surface area contributed by atoms with Crippen molar-refractivity contribution in [3.63, 3.8) is 0 Å². The van der Waals surface area contributed by atoms with Crippen LogP contribution < -0.4 is 5.32 Å². The quantitative estimate of drug-likeness (QED) is 0.444. The average molecular weight is 475 g/mol. The van der Waals surface area contributed by atoms with E-state index in [9.17, 15) is 13.6 Å². The third-order valence-electron chi connectivity index (χ3n) is 4.73. The van der Waals surface area contributed by atoms with Crippen LogP contribution in [0.25, 0.3) is 32.3 Å². The first-order valence-electron chi connectivity index (χ1n) is 10.3. The number of rotatable bonds is 5. The molecule has 1 N–H and O–H groups in total. The molecule has 11 heteroatoms. The lowest BCUT2D eigenvalue weighted by Gasteiger charge is -2.21. The monoisotopic (exact) mass is 474 g/mol. The van der Waals surface area contributed by atoms with Crippen LogP contribution in [0.5, 0.6) is 0 Å². The molecule has 1 aromatic carbocycles. The number of carbonyl (C=O) groups excluding carboxylic acids is 1. The first-order chi connectivity index (χ1) is 15.5. The van der Waals surface area contributed by atoms with Gasteiger partial charge in [0.25, 0.3) is 0 Å². The predicted molar refractivity (Wildman–Crippen MR) is 122 cm³/mol. The number of hydrogen-bond donors (Lipinski definition) is 1. The van der Waals surface area contributed by atoms with Gasteiger partial charge in [-0.25, -0.2) is 23.2 Å². The fourth-order valence-corrected chi connectivity index (χ4v) is 4.32. The number of halogens is 2. The summed E-state index contributed by atoms with van der Waals surface area (Å²) in [7, 11) is 1.85.